The zero-order chi connectivity index (χ0) is 22.2. The van der Waals surface area contributed by atoms with Gasteiger partial charge in [-0.1, -0.05) is 30.4 Å². The molecule has 3 aromatic rings. The van der Waals surface area contributed by atoms with Crippen LogP contribution in [0.4, 0.5) is 5.13 Å². The Balaban J connectivity index is 1.51. The SMILES string of the molecule is CCc1cccc2sc(NC(=O)c3ccc(S(=O)(=O)N4C[C@@H](C)O[C@H](C)C4)cc3)nc12. The van der Waals surface area contributed by atoms with Crippen LogP contribution in [0.2, 0.25) is 0 Å². The summed E-state index contributed by atoms with van der Waals surface area (Å²) in [6, 6.07) is 12.0. The lowest BCUT2D eigenvalue weighted by Gasteiger charge is -2.34. The number of ether oxygens (including phenoxy) is 1. The first-order valence-corrected chi connectivity index (χ1v) is 12.5. The Labute approximate surface area is 186 Å². The lowest BCUT2D eigenvalue weighted by molar-refractivity contribution is -0.0440. The van der Waals surface area contributed by atoms with Crippen molar-refractivity contribution in [3.05, 3.63) is 53.6 Å². The summed E-state index contributed by atoms with van der Waals surface area (Å²) in [5.74, 6) is -0.324. The van der Waals surface area contributed by atoms with E-state index in [1.807, 2.05) is 32.0 Å². The molecular formula is C22H25N3O4S2. The minimum absolute atomic E-state index is 0.161. The molecule has 1 aliphatic rings. The Morgan fingerprint density at radius 2 is 1.84 bits per heavy atom. The van der Waals surface area contributed by atoms with Gasteiger partial charge in [-0.05, 0) is 56.2 Å². The Kier molecular flexibility index (Phi) is 6.11. The van der Waals surface area contributed by atoms with Gasteiger partial charge in [-0.15, -0.1) is 0 Å². The number of para-hydroxylation sites is 1. The van der Waals surface area contributed by atoms with Gasteiger partial charge in [-0.3, -0.25) is 10.1 Å². The van der Waals surface area contributed by atoms with E-state index in [1.165, 1.54) is 39.9 Å². The zero-order valence-corrected chi connectivity index (χ0v) is 19.3. The van der Waals surface area contributed by atoms with E-state index in [0.717, 1.165) is 22.2 Å². The number of hydrogen-bond donors (Lipinski definition) is 1. The number of aromatic nitrogens is 1. The molecule has 164 valence electrons. The van der Waals surface area contributed by atoms with Crippen LogP contribution in [0.25, 0.3) is 10.2 Å². The molecule has 0 aliphatic carbocycles. The molecule has 4 rings (SSSR count). The Morgan fingerprint density at radius 3 is 2.48 bits per heavy atom. The maximum Gasteiger partial charge on any atom is 0.257 e. The molecule has 0 unspecified atom stereocenters. The number of morpholine rings is 1. The second kappa shape index (κ2) is 8.66. The molecule has 0 spiro atoms. The van der Waals surface area contributed by atoms with Crippen molar-refractivity contribution in [3.8, 4) is 0 Å². The van der Waals surface area contributed by atoms with Gasteiger partial charge < -0.3 is 4.74 Å². The van der Waals surface area contributed by atoms with Crippen molar-refractivity contribution in [2.24, 2.45) is 0 Å². The van der Waals surface area contributed by atoms with Gasteiger partial charge in [0.2, 0.25) is 10.0 Å². The molecule has 0 saturated carbocycles. The lowest BCUT2D eigenvalue weighted by Crippen LogP contribution is -2.48. The van der Waals surface area contributed by atoms with Crippen molar-refractivity contribution in [1.82, 2.24) is 9.29 Å². The summed E-state index contributed by atoms with van der Waals surface area (Å²) in [6.07, 6.45) is 0.543. The highest BCUT2D eigenvalue weighted by molar-refractivity contribution is 7.89. The Bertz CT molecular complexity index is 1200. The van der Waals surface area contributed by atoms with Gasteiger partial charge in [0, 0.05) is 18.7 Å². The van der Waals surface area contributed by atoms with Crippen LogP contribution in [0.1, 0.15) is 36.7 Å². The molecule has 1 aromatic heterocycles. The third-order valence-corrected chi connectivity index (χ3v) is 8.03. The number of aryl methyl sites for hydroxylation is 1. The minimum Gasteiger partial charge on any atom is -0.373 e. The van der Waals surface area contributed by atoms with Gasteiger partial charge in [0.1, 0.15) is 0 Å². The predicted molar refractivity (Wildman–Crippen MR) is 122 cm³/mol. The number of amides is 1. The van der Waals surface area contributed by atoms with Gasteiger partial charge in [-0.2, -0.15) is 4.31 Å². The fraction of sp³-hybridized carbons (Fsp3) is 0.364. The molecule has 1 fully saturated rings. The van der Waals surface area contributed by atoms with E-state index >= 15 is 0 Å². The van der Waals surface area contributed by atoms with Crippen LogP contribution in [-0.2, 0) is 21.2 Å². The number of hydrogen-bond acceptors (Lipinski definition) is 6. The molecule has 0 bridgehead atoms. The topological polar surface area (TPSA) is 88.6 Å². The van der Waals surface area contributed by atoms with E-state index in [9.17, 15) is 13.2 Å². The maximum absolute atomic E-state index is 13.0. The number of carbonyl (C=O) groups excluding carboxylic acids is 1. The number of rotatable bonds is 5. The largest absolute Gasteiger partial charge is 0.373 e. The second-order valence-corrected chi connectivity index (χ2v) is 10.7. The van der Waals surface area contributed by atoms with Crippen LogP contribution in [-0.4, -0.2) is 48.9 Å². The van der Waals surface area contributed by atoms with E-state index in [-0.39, 0.29) is 23.0 Å². The number of nitrogens with zero attached hydrogens (tertiary/aromatic N) is 2. The predicted octanol–water partition coefficient (Wildman–Crippen LogP) is 3.91. The number of anilines is 1. The maximum atomic E-state index is 13.0. The second-order valence-electron chi connectivity index (χ2n) is 7.69. The summed E-state index contributed by atoms with van der Waals surface area (Å²) >= 11 is 1.42. The molecule has 2 heterocycles. The molecule has 1 aliphatic heterocycles. The quantitative estimate of drug-likeness (QED) is 0.625. The average Bonchev–Trinajstić information content (AvgIpc) is 3.15. The van der Waals surface area contributed by atoms with Crippen molar-refractivity contribution in [2.45, 2.75) is 44.3 Å². The summed E-state index contributed by atoms with van der Waals surface area (Å²) in [4.78, 5) is 17.4. The number of nitrogens with one attached hydrogen (secondary N) is 1. The summed E-state index contributed by atoms with van der Waals surface area (Å²) in [7, 11) is -3.64. The number of thiazole rings is 1. The third-order valence-electron chi connectivity index (χ3n) is 5.24. The highest BCUT2D eigenvalue weighted by atomic mass is 32.2. The van der Waals surface area contributed by atoms with Crippen LogP contribution in [0.5, 0.6) is 0 Å². The lowest BCUT2D eigenvalue weighted by atomic mass is 10.1. The first-order valence-electron chi connectivity index (χ1n) is 10.2. The number of benzene rings is 2. The molecule has 31 heavy (non-hydrogen) atoms. The molecule has 2 atom stereocenters. The van der Waals surface area contributed by atoms with Crippen LogP contribution in [0.15, 0.2) is 47.4 Å². The van der Waals surface area contributed by atoms with Crippen LogP contribution < -0.4 is 5.32 Å². The van der Waals surface area contributed by atoms with Gasteiger partial charge in [0.05, 0.1) is 27.3 Å². The van der Waals surface area contributed by atoms with Crippen molar-refractivity contribution in [3.63, 3.8) is 0 Å². The molecule has 0 radical (unpaired) electrons. The molecule has 1 amide bonds. The van der Waals surface area contributed by atoms with Gasteiger partial charge in [0.15, 0.2) is 5.13 Å². The molecule has 1 N–H and O–H groups in total. The first kappa shape index (κ1) is 21.9. The zero-order valence-electron chi connectivity index (χ0n) is 17.7. The Morgan fingerprint density at radius 1 is 1.16 bits per heavy atom. The number of fused-ring (bicyclic) bond motifs is 1. The van der Waals surface area contributed by atoms with Gasteiger partial charge in [0.25, 0.3) is 5.91 Å². The van der Waals surface area contributed by atoms with E-state index in [1.54, 1.807) is 0 Å². The average molecular weight is 460 g/mol. The van der Waals surface area contributed by atoms with Gasteiger partial charge in [-0.25, -0.2) is 13.4 Å². The van der Waals surface area contributed by atoms with Crippen molar-refractivity contribution >= 4 is 42.6 Å². The van der Waals surface area contributed by atoms with Crippen molar-refractivity contribution in [1.29, 1.82) is 0 Å². The highest BCUT2D eigenvalue weighted by Crippen LogP contribution is 2.29. The van der Waals surface area contributed by atoms with Crippen molar-refractivity contribution < 1.29 is 17.9 Å². The summed E-state index contributed by atoms with van der Waals surface area (Å²) in [5.41, 5.74) is 2.41. The molecular weight excluding hydrogens is 434 g/mol. The van der Waals surface area contributed by atoms with Crippen LogP contribution in [0.3, 0.4) is 0 Å². The van der Waals surface area contributed by atoms with Gasteiger partial charge >= 0.3 is 0 Å². The molecule has 2 aromatic carbocycles. The first-order chi connectivity index (χ1) is 14.8. The normalized spacial score (nSPS) is 20.1. The highest BCUT2D eigenvalue weighted by Gasteiger charge is 2.32. The standard InChI is InChI=1S/C22H25N3O4S2/c1-4-16-6-5-7-19-20(16)23-22(30-19)24-21(26)17-8-10-18(11-9-17)31(27,28)25-12-14(2)29-15(3)13-25/h5-11,14-15H,4,12-13H2,1-3H3,(H,23,24,26)/t14-,15-/m1/s1. The van der Waals surface area contributed by atoms with Crippen molar-refractivity contribution in [2.75, 3.05) is 18.4 Å². The van der Waals surface area contributed by atoms with Crippen LogP contribution in [0, 0.1) is 0 Å². The fourth-order valence-corrected chi connectivity index (χ4v) is 6.27. The van der Waals surface area contributed by atoms with E-state index < -0.39 is 10.0 Å². The fourth-order valence-electron chi connectivity index (χ4n) is 3.77. The molecule has 9 heteroatoms. The summed E-state index contributed by atoms with van der Waals surface area (Å²) in [6.45, 7) is 6.41. The third kappa shape index (κ3) is 4.50. The van der Waals surface area contributed by atoms with E-state index in [0.29, 0.717) is 23.8 Å². The molecule has 7 nitrogen and oxygen atoms in total. The smallest absolute Gasteiger partial charge is 0.257 e. The number of carbonyl (C=O) groups is 1. The summed E-state index contributed by atoms with van der Waals surface area (Å²) in [5, 5.41) is 3.35. The summed E-state index contributed by atoms with van der Waals surface area (Å²) < 4.78 is 34.0. The van der Waals surface area contributed by atoms with E-state index in [4.69, 9.17) is 4.74 Å². The monoisotopic (exact) mass is 459 g/mol. The molecule has 1 saturated heterocycles. The van der Waals surface area contributed by atoms with E-state index in [2.05, 4.69) is 17.2 Å². The number of sulfonamides is 1. The Hall–Kier alpha value is -2.33. The minimum atomic E-state index is -3.64. The van der Waals surface area contributed by atoms with Crippen LogP contribution >= 0.6 is 11.3 Å².